The van der Waals surface area contributed by atoms with Gasteiger partial charge in [0, 0.05) is 25.6 Å². The lowest BCUT2D eigenvalue weighted by Gasteiger charge is -2.33. The van der Waals surface area contributed by atoms with Crippen LogP contribution in [0, 0.1) is 5.92 Å². The molecule has 0 radical (unpaired) electrons. The fraction of sp³-hybridized carbons (Fsp3) is 0.682. The number of hydrogen-bond acceptors (Lipinski definition) is 4. The Morgan fingerprint density at radius 2 is 1.72 bits per heavy atom. The highest BCUT2D eigenvalue weighted by atomic mass is 32.2. The number of carbonyl (C=O) groups is 1. The fourth-order valence-electron chi connectivity index (χ4n) is 4.38. The van der Waals surface area contributed by atoms with Gasteiger partial charge >= 0.3 is 0 Å². The largest absolute Gasteiger partial charge is 0.494 e. The van der Waals surface area contributed by atoms with Crippen LogP contribution in [0.4, 0.5) is 0 Å². The minimum absolute atomic E-state index is 0.131. The Labute approximate surface area is 175 Å². The zero-order valence-corrected chi connectivity index (χ0v) is 18.3. The molecule has 2 fully saturated rings. The van der Waals surface area contributed by atoms with Crippen molar-refractivity contribution in [3.63, 3.8) is 0 Å². The Morgan fingerprint density at radius 3 is 2.34 bits per heavy atom. The van der Waals surface area contributed by atoms with Crippen molar-refractivity contribution in [1.82, 2.24) is 9.62 Å². The van der Waals surface area contributed by atoms with E-state index in [-0.39, 0.29) is 16.8 Å². The average molecular weight is 423 g/mol. The second-order valence-electron chi connectivity index (χ2n) is 8.22. The minimum Gasteiger partial charge on any atom is -0.494 e. The molecule has 1 aromatic carbocycles. The lowest BCUT2D eigenvalue weighted by Crippen LogP contribution is -2.46. The number of ether oxygens (including phenoxy) is 1. The third-order valence-corrected chi connectivity index (χ3v) is 7.64. The van der Waals surface area contributed by atoms with Crippen LogP contribution in [-0.2, 0) is 14.8 Å². The summed E-state index contributed by atoms with van der Waals surface area (Å²) >= 11 is 0. The molecule has 0 spiro atoms. The van der Waals surface area contributed by atoms with Gasteiger partial charge in [-0.05, 0) is 56.4 Å². The van der Waals surface area contributed by atoms with E-state index in [2.05, 4.69) is 4.72 Å². The summed E-state index contributed by atoms with van der Waals surface area (Å²) in [5.41, 5.74) is 0. The lowest BCUT2D eigenvalue weighted by molar-refractivity contribution is -0.132. The number of nitrogens with one attached hydrogen (secondary N) is 1. The topological polar surface area (TPSA) is 75.7 Å². The number of piperidine rings is 1. The number of sulfonamides is 1. The molecular formula is C22H34N2O4S. The Hall–Kier alpha value is -1.60. The SMILES string of the molecule is CCOc1ccc(S(=O)(=O)NC2CCN(C(=O)CCC3CCCCC3)CC2)cc1. The molecule has 0 unspecified atom stereocenters. The van der Waals surface area contributed by atoms with Gasteiger partial charge in [-0.1, -0.05) is 32.1 Å². The highest BCUT2D eigenvalue weighted by Gasteiger charge is 2.27. The maximum atomic E-state index is 12.6. The van der Waals surface area contributed by atoms with E-state index < -0.39 is 10.0 Å². The number of nitrogens with zero attached hydrogens (tertiary/aromatic N) is 1. The highest BCUT2D eigenvalue weighted by molar-refractivity contribution is 7.89. The molecule has 29 heavy (non-hydrogen) atoms. The molecule has 1 saturated heterocycles. The molecule has 1 heterocycles. The second-order valence-corrected chi connectivity index (χ2v) is 9.94. The highest BCUT2D eigenvalue weighted by Crippen LogP contribution is 2.28. The number of carbonyl (C=O) groups excluding carboxylic acids is 1. The van der Waals surface area contributed by atoms with Gasteiger partial charge in [0.15, 0.2) is 0 Å². The first-order chi connectivity index (χ1) is 14.0. The molecule has 1 aliphatic carbocycles. The van der Waals surface area contributed by atoms with Gasteiger partial charge in [0.2, 0.25) is 15.9 Å². The maximum Gasteiger partial charge on any atom is 0.240 e. The van der Waals surface area contributed by atoms with Gasteiger partial charge in [0.05, 0.1) is 11.5 Å². The van der Waals surface area contributed by atoms with Gasteiger partial charge in [-0.15, -0.1) is 0 Å². The predicted octanol–water partition coefficient (Wildman–Crippen LogP) is 3.72. The van der Waals surface area contributed by atoms with E-state index >= 15 is 0 Å². The lowest BCUT2D eigenvalue weighted by atomic mass is 9.86. The average Bonchev–Trinajstić information content (AvgIpc) is 2.74. The van der Waals surface area contributed by atoms with Crippen LogP contribution in [0.2, 0.25) is 0 Å². The van der Waals surface area contributed by atoms with Gasteiger partial charge in [-0.25, -0.2) is 13.1 Å². The van der Waals surface area contributed by atoms with Gasteiger partial charge in [-0.2, -0.15) is 0 Å². The van der Waals surface area contributed by atoms with Crippen LogP contribution in [0.3, 0.4) is 0 Å². The molecule has 6 nitrogen and oxygen atoms in total. The van der Waals surface area contributed by atoms with Crippen LogP contribution in [0.15, 0.2) is 29.2 Å². The molecule has 1 aliphatic heterocycles. The predicted molar refractivity (Wildman–Crippen MR) is 113 cm³/mol. The summed E-state index contributed by atoms with van der Waals surface area (Å²) in [4.78, 5) is 14.7. The Kier molecular flexibility index (Phi) is 7.95. The zero-order chi connectivity index (χ0) is 20.7. The van der Waals surface area contributed by atoms with Crippen molar-refractivity contribution in [1.29, 1.82) is 0 Å². The smallest absolute Gasteiger partial charge is 0.240 e. The summed E-state index contributed by atoms with van der Waals surface area (Å²) in [6, 6.07) is 6.35. The number of hydrogen-bond donors (Lipinski definition) is 1. The number of amides is 1. The minimum atomic E-state index is -3.56. The molecule has 2 aliphatic rings. The van der Waals surface area contributed by atoms with Crippen molar-refractivity contribution in [2.75, 3.05) is 19.7 Å². The normalized spacial score (nSPS) is 19.3. The van der Waals surface area contributed by atoms with E-state index in [0.717, 1.165) is 6.42 Å². The van der Waals surface area contributed by atoms with E-state index in [1.165, 1.54) is 32.1 Å². The first-order valence-corrected chi connectivity index (χ1v) is 12.5. The molecule has 0 atom stereocenters. The van der Waals surface area contributed by atoms with Gasteiger partial charge < -0.3 is 9.64 Å². The van der Waals surface area contributed by atoms with E-state index in [9.17, 15) is 13.2 Å². The Balaban J connectivity index is 1.44. The fourth-order valence-corrected chi connectivity index (χ4v) is 5.68. The third-order valence-electron chi connectivity index (χ3n) is 6.11. The molecule has 1 N–H and O–H groups in total. The second kappa shape index (κ2) is 10.4. The van der Waals surface area contributed by atoms with Crippen LogP contribution < -0.4 is 9.46 Å². The van der Waals surface area contributed by atoms with E-state index in [1.54, 1.807) is 24.3 Å². The maximum absolute atomic E-state index is 12.6. The number of likely N-dealkylation sites (tertiary alicyclic amines) is 1. The summed E-state index contributed by atoms with van der Waals surface area (Å²) in [6.45, 7) is 3.68. The molecule has 3 rings (SSSR count). The van der Waals surface area contributed by atoms with Crippen LogP contribution in [-0.4, -0.2) is 45.0 Å². The quantitative estimate of drug-likeness (QED) is 0.693. The van der Waals surface area contributed by atoms with Gasteiger partial charge in [-0.3, -0.25) is 4.79 Å². The monoisotopic (exact) mass is 422 g/mol. The van der Waals surface area contributed by atoms with Crippen LogP contribution >= 0.6 is 0 Å². The standard InChI is InChI=1S/C22H34N2O4S/c1-2-28-20-9-11-21(12-10-20)29(26,27)23-19-14-16-24(17-15-19)22(25)13-8-18-6-4-3-5-7-18/h9-12,18-19,23H,2-8,13-17H2,1H3. The molecule has 1 saturated carbocycles. The first-order valence-electron chi connectivity index (χ1n) is 11.0. The van der Waals surface area contributed by atoms with E-state index in [0.29, 0.717) is 50.6 Å². The first kappa shape index (κ1) is 22.1. The molecule has 1 amide bonds. The summed E-state index contributed by atoms with van der Waals surface area (Å²) in [6.07, 6.45) is 9.43. The summed E-state index contributed by atoms with van der Waals surface area (Å²) in [5.74, 6) is 1.60. The van der Waals surface area contributed by atoms with Crippen LogP contribution in [0.5, 0.6) is 5.75 Å². The zero-order valence-electron chi connectivity index (χ0n) is 17.4. The molecular weight excluding hydrogens is 388 g/mol. The Bertz CT molecular complexity index is 750. The molecule has 1 aromatic rings. The van der Waals surface area contributed by atoms with Crippen LogP contribution in [0.1, 0.15) is 64.7 Å². The van der Waals surface area contributed by atoms with Crippen molar-refractivity contribution in [2.24, 2.45) is 5.92 Å². The van der Waals surface area contributed by atoms with Gasteiger partial charge in [0.1, 0.15) is 5.75 Å². The van der Waals surface area contributed by atoms with Crippen molar-refractivity contribution >= 4 is 15.9 Å². The summed E-state index contributed by atoms with van der Waals surface area (Å²) in [7, 11) is -3.56. The molecule has 7 heteroatoms. The van der Waals surface area contributed by atoms with Crippen molar-refractivity contribution in [2.45, 2.75) is 75.6 Å². The van der Waals surface area contributed by atoms with Crippen molar-refractivity contribution in [3.05, 3.63) is 24.3 Å². The summed E-state index contributed by atoms with van der Waals surface area (Å²) in [5, 5.41) is 0. The number of benzene rings is 1. The van der Waals surface area contributed by atoms with Gasteiger partial charge in [0.25, 0.3) is 0 Å². The van der Waals surface area contributed by atoms with Crippen molar-refractivity contribution in [3.8, 4) is 5.75 Å². The molecule has 0 bridgehead atoms. The van der Waals surface area contributed by atoms with E-state index in [1.807, 2.05) is 11.8 Å². The Morgan fingerprint density at radius 1 is 1.07 bits per heavy atom. The van der Waals surface area contributed by atoms with Crippen LogP contribution in [0.25, 0.3) is 0 Å². The third kappa shape index (κ3) is 6.44. The number of rotatable bonds is 8. The van der Waals surface area contributed by atoms with E-state index in [4.69, 9.17) is 4.74 Å². The molecule has 162 valence electrons. The van der Waals surface area contributed by atoms with Crippen molar-refractivity contribution < 1.29 is 17.9 Å². The molecule has 0 aromatic heterocycles. The summed E-state index contributed by atoms with van der Waals surface area (Å²) < 4.78 is 33.4.